The summed E-state index contributed by atoms with van der Waals surface area (Å²) in [6.07, 6.45) is 2.96. The first-order valence-corrected chi connectivity index (χ1v) is 5.15. The Morgan fingerprint density at radius 1 is 1.11 bits per heavy atom. The molecule has 0 unspecified atom stereocenters. The largest absolute Gasteiger partial charge is 0.365 e. The Morgan fingerprint density at radius 3 is 2.61 bits per heavy atom. The maximum Gasteiger partial charge on any atom is 0.160 e. The monoisotopic (exact) mass is 251 g/mol. The summed E-state index contributed by atoms with van der Waals surface area (Å²) in [5.41, 5.74) is 2.96. The summed E-state index contributed by atoms with van der Waals surface area (Å²) in [5, 5.41) is 2.92. The van der Waals surface area contributed by atoms with Crippen molar-refractivity contribution in [1.82, 2.24) is 9.97 Å². The summed E-state index contributed by atoms with van der Waals surface area (Å²) in [5.74, 6) is 4.34. The molecule has 1 aromatic heterocycles. The fraction of sp³-hybridized carbons (Fsp3) is 0.0909. The van der Waals surface area contributed by atoms with E-state index >= 15 is 0 Å². The number of nitrogens with zero attached hydrogens (tertiary/aromatic N) is 2. The average Bonchev–Trinajstić information content (AvgIpc) is 2.40. The first-order chi connectivity index (χ1) is 8.69. The van der Waals surface area contributed by atoms with Crippen molar-refractivity contribution >= 4 is 11.6 Å². The van der Waals surface area contributed by atoms with Crippen molar-refractivity contribution in [2.24, 2.45) is 5.84 Å². The van der Waals surface area contributed by atoms with Crippen LogP contribution in [0.1, 0.15) is 5.56 Å². The molecule has 2 rings (SSSR count). The highest BCUT2D eigenvalue weighted by Gasteiger charge is 2.03. The van der Waals surface area contributed by atoms with E-state index in [1.807, 2.05) is 0 Å². The molecule has 94 valence electrons. The molecule has 0 aliphatic carbocycles. The molecule has 5 nitrogen and oxygen atoms in total. The molecular weight excluding hydrogens is 240 g/mol. The van der Waals surface area contributed by atoms with Crippen molar-refractivity contribution in [2.75, 3.05) is 10.7 Å². The average molecular weight is 251 g/mol. The third-order valence-electron chi connectivity index (χ3n) is 2.24. The van der Waals surface area contributed by atoms with E-state index in [4.69, 9.17) is 5.84 Å². The fourth-order valence-electron chi connectivity index (χ4n) is 1.36. The lowest BCUT2D eigenvalue weighted by atomic mass is 10.2. The van der Waals surface area contributed by atoms with Gasteiger partial charge in [-0.1, -0.05) is 6.07 Å². The summed E-state index contributed by atoms with van der Waals surface area (Å²) < 4.78 is 25.7. The second kappa shape index (κ2) is 5.37. The van der Waals surface area contributed by atoms with Crippen LogP contribution in [-0.2, 0) is 6.54 Å². The quantitative estimate of drug-likeness (QED) is 0.569. The van der Waals surface area contributed by atoms with Gasteiger partial charge in [-0.3, -0.25) is 4.98 Å². The third-order valence-corrected chi connectivity index (χ3v) is 2.24. The van der Waals surface area contributed by atoms with Gasteiger partial charge < -0.3 is 10.7 Å². The number of benzene rings is 1. The molecule has 2 aromatic rings. The molecule has 0 atom stereocenters. The van der Waals surface area contributed by atoms with Crippen molar-refractivity contribution in [3.8, 4) is 0 Å². The topological polar surface area (TPSA) is 75.9 Å². The minimum Gasteiger partial charge on any atom is -0.365 e. The van der Waals surface area contributed by atoms with Crippen molar-refractivity contribution in [3.63, 3.8) is 0 Å². The molecule has 1 aromatic carbocycles. The van der Waals surface area contributed by atoms with Crippen LogP contribution in [-0.4, -0.2) is 9.97 Å². The molecule has 0 spiro atoms. The number of hydrazine groups is 1. The summed E-state index contributed by atoms with van der Waals surface area (Å²) in [7, 11) is 0. The van der Waals surface area contributed by atoms with Crippen molar-refractivity contribution in [1.29, 1.82) is 0 Å². The number of nitrogen functional groups attached to an aromatic ring is 1. The van der Waals surface area contributed by atoms with Crippen LogP contribution in [0.3, 0.4) is 0 Å². The first kappa shape index (κ1) is 12.2. The Kier molecular flexibility index (Phi) is 3.63. The summed E-state index contributed by atoms with van der Waals surface area (Å²) in [6.45, 7) is 0.305. The molecule has 0 amide bonds. The summed E-state index contributed by atoms with van der Waals surface area (Å²) in [4.78, 5) is 7.97. The van der Waals surface area contributed by atoms with Gasteiger partial charge in [0.05, 0.1) is 12.4 Å². The highest BCUT2D eigenvalue weighted by Crippen LogP contribution is 2.11. The summed E-state index contributed by atoms with van der Waals surface area (Å²) >= 11 is 0. The van der Waals surface area contributed by atoms with E-state index < -0.39 is 11.6 Å². The van der Waals surface area contributed by atoms with Gasteiger partial charge in [0.15, 0.2) is 17.5 Å². The number of nitrogens with one attached hydrogen (secondary N) is 2. The number of anilines is 2. The molecule has 0 aliphatic rings. The van der Waals surface area contributed by atoms with Gasteiger partial charge in [0.25, 0.3) is 0 Å². The molecule has 0 aliphatic heterocycles. The first-order valence-electron chi connectivity index (χ1n) is 5.15. The molecule has 0 saturated heterocycles. The Labute approximate surface area is 102 Å². The third kappa shape index (κ3) is 2.89. The van der Waals surface area contributed by atoms with Crippen molar-refractivity contribution in [2.45, 2.75) is 6.54 Å². The predicted octanol–water partition coefficient (Wildman–Crippen LogP) is 1.65. The smallest absolute Gasteiger partial charge is 0.160 e. The van der Waals surface area contributed by atoms with Crippen LogP contribution >= 0.6 is 0 Å². The number of halogens is 2. The highest BCUT2D eigenvalue weighted by atomic mass is 19.2. The minimum absolute atomic E-state index is 0.305. The molecular formula is C11H11F2N5. The molecule has 0 saturated carbocycles. The molecule has 0 bridgehead atoms. The van der Waals surface area contributed by atoms with Gasteiger partial charge in [-0.15, -0.1) is 0 Å². The van der Waals surface area contributed by atoms with E-state index in [-0.39, 0.29) is 0 Å². The van der Waals surface area contributed by atoms with Crippen molar-refractivity contribution in [3.05, 3.63) is 47.8 Å². The van der Waals surface area contributed by atoms with Crippen LogP contribution in [0.15, 0.2) is 30.6 Å². The predicted molar refractivity (Wildman–Crippen MR) is 63.5 cm³/mol. The lowest BCUT2D eigenvalue weighted by Gasteiger charge is -2.07. The number of hydrogen-bond donors (Lipinski definition) is 3. The Bertz CT molecular complexity index is 547. The van der Waals surface area contributed by atoms with Gasteiger partial charge in [0, 0.05) is 6.54 Å². The zero-order valence-corrected chi connectivity index (χ0v) is 9.32. The maximum atomic E-state index is 13.0. The number of nitrogens with two attached hydrogens (primary N) is 1. The van der Waals surface area contributed by atoms with Crippen LogP contribution in [0.2, 0.25) is 0 Å². The van der Waals surface area contributed by atoms with Gasteiger partial charge in [-0.25, -0.2) is 19.6 Å². The molecule has 7 heteroatoms. The van der Waals surface area contributed by atoms with E-state index in [0.29, 0.717) is 23.7 Å². The standard InChI is InChI=1S/C11H11F2N5/c12-8-2-1-7(3-9(8)13)4-16-10-5-15-6-11(17-10)18-14/h1-3,5-6H,4,14H2,(H2,16,17,18). The molecule has 1 heterocycles. The van der Waals surface area contributed by atoms with Crippen LogP contribution in [0.25, 0.3) is 0 Å². The highest BCUT2D eigenvalue weighted by molar-refractivity contribution is 5.41. The minimum atomic E-state index is -0.877. The van der Waals surface area contributed by atoms with E-state index in [0.717, 1.165) is 12.1 Å². The Balaban J connectivity index is 2.04. The van der Waals surface area contributed by atoms with Gasteiger partial charge in [-0.2, -0.15) is 0 Å². The Morgan fingerprint density at radius 2 is 1.89 bits per heavy atom. The van der Waals surface area contributed by atoms with Crippen molar-refractivity contribution < 1.29 is 8.78 Å². The van der Waals surface area contributed by atoms with Crippen LogP contribution in [0.5, 0.6) is 0 Å². The SMILES string of the molecule is NNc1cncc(NCc2ccc(F)c(F)c2)n1. The van der Waals surface area contributed by atoms with E-state index in [1.165, 1.54) is 18.5 Å². The molecule has 0 fully saturated rings. The number of aromatic nitrogens is 2. The van der Waals surface area contributed by atoms with Gasteiger partial charge in [0.1, 0.15) is 5.82 Å². The lowest BCUT2D eigenvalue weighted by Crippen LogP contribution is -2.10. The normalized spacial score (nSPS) is 10.2. The number of rotatable bonds is 4. The lowest BCUT2D eigenvalue weighted by molar-refractivity contribution is 0.507. The van der Waals surface area contributed by atoms with E-state index in [9.17, 15) is 8.78 Å². The van der Waals surface area contributed by atoms with Gasteiger partial charge in [0.2, 0.25) is 0 Å². The van der Waals surface area contributed by atoms with E-state index in [2.05, 4.69) is 20.7 Å². The second-order valence-corrected chi connectivity index (χ2v) is 3.54. The number of hydrogen-bond acceptors (Lipinski definition) is 5. The van der Waals surface area contributed by atoms with Gasteiger partial charge in [-0.05, 0) is 17.7 Å². The van der Waals surface area contributed by atoms with Crippen LogP contribution in [0, 0.1) is 11.6 Å². The zero-order chi connectivity index (χ0) is 13.0. The second-order valence-electron chi connectivity index (χ2n) is 3.54. The van der Waals surface area contributed by atoms with Gasteiger partial charge >= 0.3 is 0 Å². The molecule has 4 N–H and O–H groups in total. The van der Waals surface area contributed by atoms with Crippen LogP contribution < -0.4 is 16.6 Å². The Hall–Kier alpha value is -2.28. The summed E-state index contributed by atoms with van der Waals surface area (Å²) in [6, 6.07) is 3.69. The molecule has 18 heavy (non-hydrogen) atoms. The fourth-order valence-corrected chi connectivity index (χ4v) is 1.36. The van der Waals surface area contributed by atoms with E-state index in [1.54, 1.807) is 0 Å². The zero-order valence-electron chi connectivity index (χ0n) is 9.32. The van der Waals surface area contributed by atoms with Crippen LogP contribution in [0.4, 0.5) is 20.4 Å². The molecule has 0 radical (unpaired) electrons. The maximum absolute atomic E-state index is 13.0.